The molecule has 6 nitrogen and oxygen atoms in total. The summed E-state index contributed by atoms with van der Waals surface area (Å²) in [6.45, 7) is 0.827. The van der Waals surface area contributed by atoms with Crippen molar-refractivity contribution >= 4 is 12.0 Å². The van der Waals surface area contributed by atoms with Crippen LogP contribution in [0.1, 0.15) is 24.8 Å². The van der Waals surface area contributed by atoms with E-state index in [1.807, 2.05) is 36.4 Å². The van der Waals surface area contributed by atoms with Gasteiger partial charge in [0.15, 0.2) is 0 Å². The second-order valence-corrected chi connectivity index (χ2v) is 5.25. The number of alkyl carbamates (subject to hydrolysis) is 1. The molecule has 2 atom stereocenters. The molecule has 1 aliphatic heterocycles. The Kier molecular flexibility index (Phi) is 5.78. The summed E-state index contributed by atoms with van der Waals surface area (Å²) >= 11 is 0. The third kappa shape index (κ3) is 4.77. The van der Waals surface area contributed by atoms with E-state index < -0.39 is 12.1 Å². The number of nitriles is 1. The number of hydrogen-bond donors (Lipinski definition) is 2. The number of nitrogens with one attached hydrogen (secondary N) is 2. The lowest BCUT2D eigenvalue weighted by Crippen LogP contribution is -2.42. The summed E-state index contributed by atoms with van der Waals surface area (Å²) in [7, 11) is 0. The maximum Gasteiger partial charge on any atom is 0.408 e. The molecule has 0 bridgehead atoms. The highest BCUT2D eigenvalue weighted by Gasteiger charge is 2.26. The van der Waals surface area contributed by atoms with Gasteiger partial charge in [-0.25, -0.2) is 4.79 Å². The van der Waals surface area contributed by atoms with Crippen molar-refractivity contribution in [3.05, 3.63) is 35.9 Å². The van der Waals surface area contributed by atoms with Gasteiger partial charge in [-0.05, 0) is 24.8 Å². The largest absolute Gasteiger partial charge is 0.445 e. The quantitative estimate of drug-likeness (QED) is 0.866. The van der Waals surface area contributed by atoms with Gasteiger partial charge >= 0.3 is 6.09 Å². The Labute approximate surface area is 129 Å². The van der Waals surface area contributed by atoms with Crippen LogP contribution in [-0.4, -0.2) is 24.6 Å². The lowest BCUT2D eigenvalue weighted by molar-refractivity contribution is -0.126. The minimum Gasteiger partial charge on any atom is -0.445 e. The van der Waals surface area contributed by atoms with Crippen LogP contribution in [0, 0.1) is 17.2 Å². The molecule has 0 aromatic heterocycles. The van der Waals surface area contributed by atoms with E-state index in [1.165, 1.54) is 0 Å². The fourth-order valence-electron chi connectivity index (χ4n) is 2.40. The van der Waals surface area contributed by atoms with Crippen molar-refractivity contribution in [2.75, 3.05) is 6.54 Å². The highest BCUT2D eigenvalue weighted by molar-refractivity contribution is 5.79. The summed E-state index contributed by atoms with van der Waals surface area (Å²) < 4.78 is 5.07. The highest BCUT2D eigenvalue weighted by Crippen LogP contribution is 2.17. The average molecular weight is 301 g/mol. The van der Waals surface area contributed by atoms with Crippen LogP contribution in [0.25, 0.3) is 0 Å². The lowest BCUT2D eigenvalue weighted by Gasteiger charge is -2.23. The number of rotatable bonds is 5. The molecule has 6 heteroatoms. The predicted octanol–water partition coefficient (Wildman–Crippen LogP) is 1.72. The zero-order valence-electron chi connectivity index (χ0n) is 12.2. The number of carbonyl (C=O) groups excluding carboxylic acids is 2. The minimum absolute atomic E-state index is 0.0500. The SMILES string of the molecule is N#C[C@H](C[C@@H]1CCCNC1=O)NC(=O)OCc1ccccc1. The van der Waals surface area contributed by atoms with Gasteiger partial charge in [-0.15, -0.1) is 0 Å². The molecule has 1 aromatic rings. The number of carbonyl (C=O) groups is 2. The maximum atomic E-state index is 11.7. The van der Waals surface area contributed by atoms with E-state index >= 15 is 0 Å². The first-order chi connectivity index (χ1) is 10.7. The zero-order chi connectivity index (χ0) is 15.8. The van der Waals surface area contributed by atoms with E-state index in [9.17, 15) is 9.59 Å². The Morgan fingerprint density at radius 3 is 2.91 bits per heavy atom. The van der Waals surface area contributed by atoms with Gasteiger partial charge in [-0.2, -0.15) is 5.26 Å². The van der Waals surface area contributed by atoms with Gasteiger partial charge in [-0.1, -0.05) is 30.3 Å². The van der Waals surface area contributed by atoms with Crippen molar-refractivity contribution in [3.8, 4) is 6.07 Å². The monoisotopic (exact) mass is 301 g/mol. The Balaban J connectivity index is 1.78. The topological polar surface area (TPSA) is 91.2 Å². The summed E-state index contributed by atoms with van der Waals surface area (Å²) in [4.78, 5) is 23.4. The molecule has 1 saturated heterocycles. The Bertz CT molecular complexity index is 554. The third-order valence-electron chi connectivity index (χ3n) is 3.58. The van der Waals surface area contributed by atoms with Gasteiger partial charge in [0.05, 0.1) is 6.07 Å². The Morgan fingerprint density at radius 1 is 1.45 bits per heavy atom. The second-order valence-electron chi connectivity index (χ2n) is 5.25. The minimum atomic E-state index is -0.725. The van der Waals surface area contributed by atoms with Crippen molar-refractivity contribution in [1.29, 1.82) is 5.26 Å². The van der Waals surface area contributed by atoms with Gasteiger partial charge < -0.3 is 15.4 Å². The molecule has 0 aliphatic carbocycles. The number of benzene rings is 1. The van der Waals surface area contributed by atoms with Crippen LogP contribution >= 0.6 is 0 Å². The molecule has 1 aliphatic rings. The molecule has 0 saturated carbocycles. The predicted molar refractivity (Wildman–Crippen MR) is 79.5 cm³/mol. The standard InChI is InChI=1S/C16H19N3O3/c17-10-14(9-13-7-4-8-18-15(13)20)19-16(21)22-11-12-5-2-1-3-6-12/h1-3,5-6,13-14H,4,7-9,11H2,(H,18,20)(H,19,21)/t13-,14-/m0/s1. The molecule has 2 N–H and O–H groups in total. The van der Waals surface area contributed by atoms with Gasteiger partial charge in [-0.3, -0.25) is 4.79 Å². The smallest absolute Gasteiger partial charge is 0.408 e. The summed E-state index contributed by atoms with van der Waals surface area (Å²) in [5, 5.41) is 14.4. The molecule has 22 heavy (non-hydrogen) atoms. The zero-order valence-corrected chi connectivity index (χ0v) is 12.2. The van der Waals surface area contributed by atoms with Crippen LogP contribution in [0.2, 0.25) is 0 Å². The first kappa shape index (κ1) is 15.8. The van der Waals surface area contributed by atoms with Gasteiger partial charge in [0.2, 0.25) is 5.91 Å². The molecule has 1 fully saturated rings. The normalized spacial score (nSPS) is 18.7. The van der Waals surface area contributed by atoms with Crippen LogP contribution in [0.4, 0.5) is 4.79 Å². The molecule has 1 aromatic carbocycles. The highest BCUT2D eigenvalue weighted by atomic mass is 16.5. The first-order valence-corrected chi connectivity index (χ1v) is 7.33. The van der Waals surface area contributed by atoms with Crippen LogP contribution in [0.5, 0.6) is 0 Å². The summed E-state index contributed by atoms with van der Waals surface area (Å²) in [6.07, 6.45) is 1.30. The molecule has 2 rings (SSSR count). The summed E-state index contributed by atoms with van der Waals surface area (Å²) in [5.41, 5.74) is 0.873. The van der Waals surface area contributed by atoms with Crippen LogP contribution in [0.15, 0.2) is 30.3 Å². The van der Waals surface area contributed by atoms with Crippen molar-refractivity contribution in [2.24, 2.45) is 5.92 Å². The number of nitrogens with zero attached hydrogens (tertiary/aromatic N) is 1. The summed E-state index contributed by atoms with van der Waals surface area (Å²) in [5.74, 6) is -0.279. The molecule has 2 amide bonds. The third-order valence-corrected chi connectivity index (χ3v) is 3.58. The van der Waals surface area contributed by atoms with Crippen LogP contribution in [0.3, 0.4) is 0 Å². The van der Waals surface area contributed by atoms with Crippen molar-refractivity contribution in [3.63, 3.8) is 0 Å². The lowest BCUT2D eigenvalue weighted by atomic mass is 9.92. The molecule has 1 heterocycles. The molecular weight excluding hydrogens is 282 g/mol. The Hall–Kier alpha value is -2.55. The number of piperidine rings is 1. The molecular formula is C16H19N3O3. The van der Waals surface area contributed by atoms with E-state index in [0.717, 1.165) is 18.4 Å². The van der Waals surface area contributed by atoms with Crippen LogP contribution in [-0.2, 0) is 16.1 Å². The van der Waals surface area contributed by atoms with Gasteiger partial charge in [0.25, 0.3) is 0 Å². The van der Waals surface area contributed by atoms with Crippen molar-refractivity contribution in [1.82, 2.24) is 10.6 Å². The fourth-order valence-corrected chi connectivity index (χ4v) is 2.40. The Morgan fingerprint density at radius 2 is 2.23 bits per heavy atom. The van der Waals surface area contributed by atoms with E-state index in [1.54, 1.807) is 0 Å². The van der Waals surface area contributed by atoms with Crippen molar-refractivity contribution < 1.29 is 14.3 Å². The second kappa shape index (κ2) is 8.03. The number of ether oxygens (including phenoxy) is 1. The van der Waals surface area contributed by atoms with Crippen LogP contribution < -0.4 is 10.6 Å². The van der Waals surface area contributed by atoms with Crippen molar-refractivity contribution in [2.45, 2.75) is 31.9 Å². The van der Waals surface area contributed by atoms with E-state index in [0.29, 0.717) is 13.0 Å². The van der Waals surface area contributed by atoms with E-state index in [4.69, 9.17) is 10.00 Å². The molecule has 0 spiro atoms. The number of hydrogen-bond acceptors (Lipinski definition) is 4. The summed E-state index contributed by atoms with van der Waals surface area (Å²) in [6, 6.07) is 10.6. The average Bonchev–Trinajstić information content (AvgIpc) is 2.55. The maximum absolute atomic E-state index is 11.7. The first-order valence-electron chi connectivity index (χ1n) is 7.33. The van der Waals surface area contributed by atoms with Gasteiger partial charge in [0.1, 0.15) is 12.6 Å². The molecule has 116 valence electrons. The van der Waals surface area contributed by atoms with E-state index in [-0.39, 0.29) is 18.4 Å². The fraction of sp³-hybridized carbons (Fsp3) is 0.438. The molecule has 0 radical (unpaired) electrons. The number of amides is 2. The molecule has 0 unspecified atom stereocenters. The van der Waals surface area contributed by atoms with Gasteiger partial charge in [0, 0.05) is 12.5 Å². The van der Waals surface area contributed by atoms with E-state index in [2.05, 4.69) is 10.6 Å².